The first-order valence-electron chi connectivity index (χ1n) is 5.42. The minimum absolute atomic E-state index is 0.0122. The van der Waals surface area contributed by atoms with Gasteiger partial charge in [-0.15, -0.1) is 0 Å². The van der Waals surface area contributed by atoms with Crippen molar-refractivity contribution in [3.8, 4) is 5.75 Å². The Bertz CT molecular complexity index is 397. The third kappa shape index (κ3) is 2.54. The van der Waals surface area contributed by atoms with Gasteiger partial charge in [-0.1, -0.05) is 13.8 Å². The number of carbonyl (C=O) groups excluding carboxylic acids is 1. The van der Waals surface area contributed by atoms with E-state index in [1.54, 1.807) is 7.11 Å². The van der Waals surface area contributed by atoms with Crippen LogP contribution >= 0.6 is 0 Å². The number of hydrogen-bond acceptors (Lipinski definition) is 2. The molecule has 0 saturated carbocycles. The van der Waals surface area contributed by atoms with E-state index in [9.17, 15) is 4.79 Å². The fraction of sp³-hybridized carbons (Fsp3) is 0.462. The van der Waals surface area contributed by atoms with Gasteiger partial charge in [-0.2, -0.15) is 0 Å². The standard InChI is InChI=1S/C13H19NO2/c1-8(2)13(15)14-11-6-7-12(16-5)10(4)9(11)3/h6-8H,1-5H3,(H,14,15). The van der Waals surface area contributed by atoms with Crippen molar-refractivity contribution in [3.63, 3.8) is 0 Å². The number of amides is 1. The van der Waals surface area contributed by atoms with Crippen LogP contribution in [0.3, 0.4) is 0 Å². The smallest absolute Gasteiger partial charge is 0.226 e. The lowest BCUT2D eigenvalue weighted by Crippen LogP contribution is -2.18. The second kappa shape index (κ2) is 5.01. The van der Waals surface area contributed by atoms with Gasteiger partial charge in [0.15, 0.2) is 0 Å². The third-order valence-corrected chi connectivity index (χ3v) is 2.74. The van der Waals surface area contributed by atoms with Crippen LogP contribution in [0.2, 0.25) is 0 Å². The summed E-state index contributed by atoms with van der Waals surface area (Å²) >= 11 is 0. The Morgan fingerprint density at radius 1 is 1.25 bits per heavy atom. The topological polar surface area (TPSA) is 38.3 Å². The second-order valence-electron chi connectivity index (χ2n) is 4.21. The van der Waals surface area contributed by atoms with Crippen molar-refractivity contribution in [2.45, 2.75) is 27.7 Å². The molecule has 16 heavy (non-hydrogen) atoms. The maximum absolute atomic E-state index is 11.6. The molecule has 3 nitrogen and oxygen atoms in total. The first-order valence-corrected chi connectivity index (χ1v) is 5.42. The van der Waals surface area contributed by atoms with Crippen molar-refractivity contribution in [3.05, 3.63) is 23.3 Å². The van der Waals surface area contributed by atoms with Crippen LogP contribution in [-0.2, 0) is 4.79 Å². The molecule has 1 rings (SSSR count). The van der Waals surface area contributed by atoms with Crippen LogP contribution < -0.4 is 10.1 Å². The summed E-state index contributed by atoms with van der Waals surface area (Å²) in [5, 5.41) is 2.91. The quantitative estimate of drug-likeness (QED) is 0.852. The van der Waals surface area contributed by atoms with Gasteiger partial charge in [0, 0.05) is 11.6 Å². The molecule has 0 aliphatic heterocycles. The molecule has 0 unspecified atom stereocenters. The first-order chi connectivity index (χ1) is 7.47. The fourth-order valence-corrected chi connectivity index (χ4v) is 1.43. The summed E-state index contributed by atoms with van der Waals surface area (Å²) in [5.41, 5.74) is 2.97. The molecule has 1 amide bonds. The monoisotopic (exact) mass is 221 g/mol. The zero-order chi connectivity index (χ0) is 12.3. The van der Waals surface area contributed by atoms with E-state index in [4.69, 9.17) is 4.74 Å². The summed E-state index contributed by atoms with van der Waals surface area (Å²) < 4.78 is 5.22. The fourth-order valence-electron chi connectivity index (χ4n) is 1.43. The molecule has 0 heterocycles. The highest BCUT2D eigenvalue weighted by atomic mass is 16.5. The predicted octanol–water partition coefficient (Wildman–Crippen LogP) is 2.91. The van der Waals surface area contributed by atoms with Crippen LogP contribution in [0.4, 0.5) is 5.69 Å². The molecule has 0 radical (unpaired) electrons. The summed E-state index contributed by atoms with van der Waals surface area (Å²) in [6.45, 7) is 7.72. The highest BCUT2D eigenvalue weighted by Crippen LogP contribution is 2.27. The first kappa shape index (κ1) is 12.6. The van der Waals surface area contributed by atoms with E-state index in [-0.39, 0.29) is 11.8 Å². The van der Waals surface area contributed by atoms with Gasteiger partial charge in [0.05, 0.1) is 7.11 Å². The zero-order valence-electron chi connectivity index (χ0n) is 10.5. The van der Waals surface area contributed by atoms with E-state index in [0.29, 0.717) is 0 Å². The van der Waals surface area contributed by atoms with Crippen molar-refractivity contribution in [2.75, 3.05) is 12.4 Å². The Labute approximate surface area is 96.8 Å². The van der Waals surface area contributed by atoms with Crippen molar-refractivity contribution in [1.29, 1.82) is 0 Å². The normalized spacial score (nSPS) is 10.4. The zero-order valence-corrected chi connectivity index (χ0v) is 10.5. The molecule has 0 aromatic heterocycles. The number of ether oxygens (including phenoxy) is 1. The summed E-state index contributed by atoms with van der Waals surface area (Å²) in [4.78, 5) is 11.6. The SMILES string of the molecule is COc1ccc(NC(=O)C(C)C)c(C)c1C. The lowest BCUT2D eigenvalue weighted by molar-refractivity contribution is -0.118. The number of hydrogen-bond donors (Lipinski definition) is 1. The van der Waals surface area contributed by atoms with Gasteiger partial charge in [0.25, 0.3) is 0 Å². The lowest BCUT2D eigenvalue weighted by atomic mass is 10.1. The van der Waals surface area contributed by atoms with Crippen molar-refractivity contribution < 1.29 is 9.53 Å². The summed E-state index contributed by atoms with van der Waals surface area (Å²) in [7, 11) is 1.65. The second-order valence-corrected chi connectivity index (χ2v) is 4.21. The molecule has 0 aliphatic carbocycles. The molecule has 1 aromatic carbocycles. The van der Waals surface area contributed by atoms with Crippen LogP contribution in [0.15, 0.2) is 12.1 Å². The molecule has 0 atom stereocenters. The molecule has 0 bridgehead atoms. The Kier molecular flexibility index (Phi) is 3.93. The van der Waals surface area contributed by atoms with Gasteiger partial charge < -0.3 is 10.1 Å². The van der Waals surface area contributed by atoms with Gasteiger partial charge >= 0.3 is 0 Å². The van der Waals surface area contributed by atoms with Crippen LogP contribution in [0.1, 0.15) is 25.0 Å². The average molecular weight is 221 g/mol. The summed E-state index contributed by atoms with van der Waals surface area (Å²) in [5.74, 6) is 0.870. The number of nitrogens with one attached hydrogen (secondary N) is 1. The summed E-state index contributed by atoms with van der Waals surface area (Å²) in [6, 6.07) is 3.75. The average Bonchev–Trinajstić information content (AvgIpc) is 2.25. The van der Waals surface area contributed by atoms with Gasteiger partial charge in [0.1, 0.15) is 5.75 Å². The van der Waals surface area contributed by atoms with E-state index in [1.807, 2.05) is 39.8 Å². The number of carbonyl (C=O) groups is 1. The van der Waals surface area contributed by atoms with E-state index in [0.717, 1.165) is 22.6 Å². The van der Waals surface area contributed by atoms with E-state index < -0.39 is 0 Å². The molecule has 1 N–H and O–H groups in total. The third-order valence-electron chi connectivity index (χ3n) is 2.74. The molecular weight excluding hydrogens is 202 g/mol. The van der Waals surface area contributed by atoms with Gasteiger partial charge in [-0.3, -0.25) is 4.79 Å². The van der Waals surface area contributed by atoms with Gasteiger partial charge in [0.2, 0.25) is 5.91 Å². The van der Waals surface area contributed by atoms with E-state index in [2.05, 4.69) is 5.32 Å². The van der Waals surface area contributed by atoms with Crippen LogP contribution in [0.25, 0.3) is 0 Å². The van der Waals surface area contributed by atoms with Gasteiger partial charge in [-0.25, -0.2) is 0 Å². The molecule has 88 valence electrons. The molecule has 0 fully saturated rings. The highest BCUT2D eigenvalue weighted by molar-refractivity contribution is 5.93. The lowest BCUT2D eigenvalue weighted by Gasteiger charge is -2.14. The molecule has 1 aromatic rings. The molecule has 3 heteroatoms. The van der Waals surface area contributed by atoms with Crippen LogP contribution in [-0.4, -0.2) is 13.0 Å². The summed E-state index contributed by atoms with van der Waals surface area (Å²) in [6.07, 6.45) is 0. The minimum Gasteiger partial charge on any atom is -0.496 e. The van der Waals surface area contributed by atoms with E-state index >= 15 is 0 Å². The molecular formula is C13H19NO2. The maximum Gasteiger partial charge on any atom is 0.226 e. The van der Waals surface area contributed by atoms with Crippen molar-refractivity contribution in [1.82, 2.24) is 0 Å². The Morgan fingerprint density at radius 2 is 1.88 bits per heavy atom. The highest BCUT2D eigenvalue weighted by Gasteiger charge is 2.11. The number of methoxy groups -OCH3 is 1. The molecule has 0 spiro atoms. The maximum atomic E-state index is 11.6. The minimum atomic E-state index is -0.0122. The molecule has 0 aliphatic rings. The van der Waals surface area contributed by atoms with Crippen molar-refractivity contribution in [2.24, 2.45) is 5.92 Å². The Hall–Kier alpha value is -1.51. The Balaban J connectivity index is 2.99. The Morgan fingerprint density at radius 3 is 2.38 bits per heavy atom. The molecule has 0 saturated heterocycles. The van der Waals surface area contributed by atoms with Crippen LogP contribution in [0, 0.1) is 19.8 Å². The number of rotatable bonds is 3. The number of benzene rings is 1. The van der Waals surface area contributed by atoms with Crippen LogP contribution in [0.5, 0.6) is 5.75 Å². The number of anilines is 1. The largest absolute Gasteiger partial charge is 0.496 e. The van der Waals surface area contributed by atoms with E-state index in [1.165, 1.54) is 0 Å². The predicted molar refractivity (Wildman–Crippen MR) is 65.9 cm³/mol. The van der Waals surface area contributed by atoms with Crippen molar-refractivity contribution >= 4 is 11.6 Å². The van der Waals surface area contributed by atoms with Gasteiger partial charge in [-0.05, 0) is 37.1 Å².